The van der Waals surface area contributed by atoms with Gasteiger partial charge in [0, 0.05) is 19.4 Å². The third-order valence-electron chi connectivity index (χ3n) is 7.43. The van der Waals surface area contributed by atoms with Gasteiger partial charge in [-0.1, -0.05) is 30.7 Å². The number of aliphatic hydroxyl groups is 2. The van der Waals surface area contributed by atoms with Crippen molar-refractivity contribution >= 4 is 11.9 Å². The van der Waals surface area contributed by atoms with Crippen molar-refractivity contribution in [2.45, 2.75) is 109 Å². The van der Waals surface area contributed by atoms with Crippen molar-refractivity contribution in [2.75, 3.05) is 13.2 Å². The number of hydrogen-bond donors (Lipinski definition) is 3. The molecule has 9 heteroatoms. The fourth-order valence-corrected chi connectivity index (χ4v) is 5.16. The number of amides is 1. The van der Waals surface area contributed by atoms with Crippen molar-refractivity contribution in [2.24, 2.45) is 5.92 Å². The van der Waals surface area contributed by atoms with Gasteiger partial charge in [-0.25, -0.2) is 0 Å². The fraction of sp³-hybridized carbons (Fsp3) is 0.714. The quantitative estimate of drug-likeness (QED) is 0.183. The van der Waals surface area contributed by atoms with Crippen molar-refractivity contribution < 1.29 is 38.7 Å². The highest BCUT2D eigenvalue weighted by atomic mass is 16.6. The lowest BCUT2D eigenvalue weighted by Crippen LogP contribution is -2.56. The number of rotatable bonds is 9. The molecule has 3 rings (SSSR count). The van der Waals surface area contributed by atoms with E-state index in [9.17, 15) is 19.8 Å². The van der Waals surface area contributed by atoms with Gasteiger partial charge in [0.05, 0.1) is 37.1 Å². The topological polar surface area (TPSA) is 127 Å². The highest BCUT2D eigenvalue weighted by Gasteiger charge is 2.61. The largest absolute Gasteiger partial charge is 0.459 e. The van der Waals surface area contributed by atoms with Gasteiger partial charge < -0.3 is 34.5 Å². The Balaban J connectivity index is 1.50. The van der Waals surface area contributed by atoms with E-state index < -0.39 is 35.5 Å². The van der Waals surface area contributed by atoms with Crippen LogP contribution in [-0.4, -0.2) is 83.1 Å². The number of carbonyl (C=O) groups excluding carboxylic acids is 2. The summed E-state index contributed by atoms with van der Waals surface area (Å²) >= 11 is 0. The molecule has 0 saturated carbocycles. The molecule has 3 aliphatic rings. The van der Waals surface area contributed by atoms with Crippen molar-refractivity contribution in [1.82, 2.24) is 5.32 Å². The molecule has 3 saturated heterocycles. The van der Waals surface area contributed by atoms with Crippen molar-refractivity contribution in [3.8, 4) is 0 Å². The molecule has 3 N–H and O–H groups in total. The summed E-state index contributed by atoms with van der Waals surface area (Å²) in [4.78, 5) is 23.3. The van der Waals surface area contributed by atoms with E-state index in [1.54, 1.807) is 13.0 Å². The lowest BCUT2D eigenvalue weighted by atomic mass is 9.82. The van der Waals surface area contributed by atoms with E-state index in [1.165, 1.54) is 13.0 Å². The summed E-state index contributed by atoms with van der Waals surface area (Å²) in [6, 6.07) is -0.111. The maximum absolute atomic E-state index is 12.3. The molecule has 208 valence electrons. The van der Waals surface area contributed by atoms with E-state index in [0.717, 1.165) is 18.4 Å². The standard InChI is InChI=1S/C28H43NO8/c1-17(8-11-24-26(33)28(16-34-28)14-27(6,15-30)37-24)7-10-23-18(2)13-22(20(4)36-23)29-25(32)12-9-19(3)35-21(5)31/h7-9,11-12,18-20,22-24,26,30,33H,10,13-16H2,1-6H3,(H,29,32)/b11-8+,12-9-,17-7+/t18-,19-,20+,22+,23-,24+,26+,27-,28+/m0/s1. The first kappa shape index (κ1) is 29.5. The zero-order valence-corrected chi connectivity index (χ0v) is 22.8. The van der Waals surface area contributed by atoms with E-state index in [1.807, 2.05) is 32.9 Å². The van der Waals surface area contributed by atoms with Crippen LogP contribution in [-0.2, 0) is 28.5 Å². The summed E-state index contributed by atoms with van der Waals surface area (Å²) < 4.78 is 22.8. The molecule has 3 aliphatic heterocycles. The van der Waals surface area contributed by atoms with Gasteiger partial charge in [0.2, 0.25) is 5.91 Å². The van der Waals surface area contributed by atoms with Gasteiger partial charge in [-0.05, 0) is 52.5 Å². The van der Waals surface area contributed by atoms with Crippen LogP contribution in [0.1, 0.15) is 60.8 Å². The Morgan fingerprint density at radius 3 is 2.57 bits per heavy atom. The van der Waals surface area contributed by atoms with Crippen LogP contribution in [0.3, 0.4) is 0 Å². The molecule has 0 aromatic carbocycles. The number of epoxide rings is 1. The first-order valence-corrected chi connectivity index (χ1v) is 13.1. The van der Waals surface area contributed by atoms with E-state index in [0.29, 0.717) is 13.0 Å². The number of nitrogens with one attached hydrogen (secondary N) is 1. The zero-order valence-electron chi connectivity index (χ0n) is 22.8. The van der Waals surface area contributed by atoms with Crippen LogP contribution in [0.25, 0.3) is 0 Å². The highest BCUT2D eigenvalue weighted by Crippen LogP contribution is 2.46. The third-order valence-corrected chi connectivity index (χ3v) is 7.43. The van der Waals surface area contributed by atoms with E-state index in [-0.39, 0.29) is 36.7 Å². The van der Waals surface area contributed by atoms with Crippen LogP contribution in [0.5, 0.6) is 0 Å². The summed E-state index contributed by atoms with van der Waals surface area (Å²) in [6.07, 6.45) is 8.86. The maximum atomic E-state index is 12.3. The third kappa shape index (κ3) is 7.97. The molecular formula is C28H43NO8. The summed E-state index contributed by atoms with van der Waals surface area (Å²) in [5.41, 5.74) is -0.345. The van der Waals surface area contributed by atoms with E-state index in [2.05, 4.69) is 18.3 Å². The number of esters is 1. The molecular weight excluding hydrogens is 478 g/mol. The van der Waals surface area contributed by atoms with Gasteiger partial charge >= 0.3 is 5.97 Å². The van der Waals surface area contributed by atoms with Gasteiger partial charge in [-0.2, -0.15) is 0 Å². The summed E-state index contributed by atoms with van der Waals surface area (Å²) in [7, 11) is 0. The molecule has 0 aromatic rings. The van der Waals surface area contributed by atoms with Crippen molar-refractivity contribution in [3.05, 3.63) is 36.0 Å². The van der Waals surface area contributed by atoms with E-state index in [4.69, 9.17) is 18.9 Å². The lowest BCUT2D eigenvalue weighted by molar-refractivity contribution is -0.192. The summed E-state index contributed by atoms with van der Waals surface area (Å²) in [5.74, 6) is -0.398. The summed E-state index contributed by atoms with van der Waals surface area (Å²) in [5, 5.41) is 23.5. The average molecular weight is 522 g/mol. The Kier molecular flexibility index (Phi) is 9.74. The minimum Gasteiger partial charge on any atom is -0.459 e. The van der Waals surface area contributed by atoms with Crippen LogP contribution >= 0.6 is 0 Å². The van der Waals surface area contributed by atoms with Crippen molar-refractivity contribution in [3.63, 3.8) is 0 Å². The monoisotopic (exact) mass is 521 g/mol. The second-order valence-electron chi connectivity index (χ2n) is 11.1. The molecule has 0 aromatic heterocycles. The second-order valence-corrected chi connectivity index (χ2v) is 11.1. The fourth-order valence-electron chi connectivity index (χ4n) is 5.16. The van der Waals surface area contributed by atoms with Gasteiger partial charge in [0.15, 0.2) is 0 Å². The predicted molar refractivity (Wildman–Crippen MR) is 138 cm³/mol. The van der Waals surface area contributed by atoms with Crippen molar-refractivity contribution in [1.29, 1.82) is 0 Å². The predicted octanol–water partition coefficient (Wildman–Crippen LogP) is 2.35. The smallest absolute Gasteiger partial charge is 0.303 e. The molecule has 0 bridgehead atoms. The van der Waals surface area contributed by atoms with Crippen LogP contribution in [0, 0.1) is 5.92 Å². The molecule has 37 heavy (non-hydrogen) atoms. The second kappa shape index (κ2) is 12.2. The highest BCUT2D eigenvalue weighted by molar-refractivity contribution is 5.87. The SMILES string of the molecule is CC(=O)O[C@@H](C)/C=C\C(=O)N[C@@H]1C[C@H](C)[C@H](C/C=C(C)/C=C/[C@H]2O[C@](C)(CO)C[C@@]3(CO3)[C@@H]2O)O[C@@H]1C. The summed E-state index contributed by atoms with van der Waals surface area (Å²) in [6.45, 7) is 11.3. The normalized spacial score (nSPS) is 39.2. The molecule has 1 spiro atoms. The molecule has 0 radical (unpaired) electrons. The van der Waals surface area contributed by atoms with Gasteiger partial charge in [-0.15, -0.1) is 0 Å². The Bertz CT molecular complexity index is 910. The number of aliphatic hydroxyl groups excluding tert-OH is 2. The molecule has 0 unspecified atom stereocenters. The van der Waals surface area contributed by atoms with Crippen LogP contribution in [0.4, 0.5) is 0 Å². The van der Waals surface area contributed by atoms with Crippen LogP contribution < -0.4 is 5.32 Å². The molecule has 3 heterocycles. The Hall–Kier alpha value is -2.04. The van der Waals surface area contributed by atoms with Crippen LogP contribution in [0.2, 0.25) is 0 Å². The number of ether oxygens (including phenoxy) is 4. The van der Waals surface area contributed by atoms with Gasteiger partial charge in [0.25, 0.3) is 0 Å². The lowest BCUT2D eigenvalue weighted by Gasteiger charge is -2.42. The zero-order chi connectivity index (χ0) is 27.4. The molecule has 1 amide bonds. The first-order valence-electron chi connectivity index (χ1n) is 13.1. The minimum absolute atomic E-state index is 0.0170. The number of hydrogen-bond acceptors (Lipinski definition) is 8. The molecule has 9 atom stereocenters. The Morgan fingerprint density at radius 1 is 1.24 bits per heavy atom. The Labute approximate surface area is 219 Å². The van der Waals surface area contributed by atoms with E-state index >= 15 is 0 Å². The molecule has 9 nitrogen and oxygen atoms in total. The van der Waals surface area contributed by atoms with Crippen LogP contribution in [0.15, 0.2) is 36.0 Å². The Morgan fingerprint density at radius 2 is 1.95 bits per heavy atom. The van der Waals surface area contributed by atoms with Gasteiger partial charge in [0.1, 0.15) is 23.9 Å². The maximum Gasteiger partial charge on any atom is 0.303 e. The molecule has 3 fully saturated rings. The first-order chi connectivity index (χ1) is 17.4. The number of allylic oxidation sites excluding steroid dienone is 2. The average Bonchev–Trinajstić information content (AvgIpc) is 3.59. The minimum atomic E-state index is -0.773. The molecule has 0 aliphatic carbocycles. The van der Waals surface area contributed by atoms with Gasteiger partial charge in [-0.3, -0.25) is 9.59 Å². The number of carbonyl (C=O) groups is 2.